The molecule has 0 aromatic heterocycles. The Balaban J connectivity index is 2.29. The van der Waals surface area contributed by atoms with Crippen molar-refractivity contribution in [3.05, 3.63) is 0 Å². The van der Waals surface area contributed by atoms with Crippen LogP contribution in [-0.2, 0) is 9.59 Å². The van der Waals surface area contributed by atoms with Crippen molar-refractivity contribution in [2.75, 3.05) is 11.9 Å². The average Bonchev–Trinajstić information content (AvgIpc) is 2.95. The summed E-state index contributed by atoms with van der Waals surface area (Å²) in [5.74, 6) is -8.80. The minimum atomic E-state index is -5.95. The maximum atomic E-state index is 13.3. The van der Waals surface area contributed by atoms with Crippen LogP contribution in [0.5, 0.6) is 0 Å². The lowest BCUT2D eigenvalue weighted by Gasteiger charge is -2.30. The Hall–Kier alpha value is -0.730. The average molecular weight is 378 g/mol. The fraction of sp³-hybridized carbons (Fsp3) is 0.833. The summed E-state index contributed by atoms with van der Waals surface area (Å²) in [6.45, 7) is -0.210. The smallest absolute Gasteiger partial charge is 0.326 e. The number of hydrogen-bond donors (Lipinski definition) is 0. The number of ketones is 1. The standard InChI is InChI=1S/C12H13BrF5NO2/c13-4-8(20)9-7-3-1-2-6(7)5-19(9)10(21)11(14,15)12(16,17)18/h6-7,9H,1-5H2. The molecule has 0 spiro atoms. The lowest BCUT2D eigenvalue weighted by molar-refractivity contribution is -0.274. The molecule has 1 aliphatic heterocycles. The number of nitrogens with zero attached hydrogens (tertiary/aromatic N) is 1. The first-order valence-corrected chi connectivity index (χ1v) is 7.57. The number of halogens is 6. The van der Waals surface area contributed by atoms with Gasteiger partial charge in [0.1, 0.15) is 0 Å². The normalized spacial score (nSPS) is 29.6. The molecule has 3 nitrogen and oxygen atoms in total. The molecule has 1 saturated carbocycles. The molecule has 0 aromatic carbocycles. The van der Waals surface area contributed by atoms with Gasteiger partial charge in [0.2, 0.25) is 0 Å². The first-order valence-electron chi connectivity index (χ1n) is 6.45. The van der Waals surface area contributed by atoms with Crippen LogP contribution >= 0.6 is 15.9 Å². The summed E-state index contributed by atoms with van der Waals surface area (Å²) in [4.78, 5) is 24.0. The van der Waals surface area contributed by atoms with E-state index in [2.05, 4.69) is 15.9 Å². The van der Waals surface area contributed by atoms with Crippen molar-refractivity contribution < 1.29 is 31.5 Å². The second kappa shape index (κ2) is 5.48. The van der Waals surface area contributed by atoms with Gasteiger partial charge in [-0.15, -0.1) is 0 Å². The minimum Gasteiger partial charge on any atom is -0.326 e. The van der Waals surface area contributed by atoms with Crippen LogP contribution in [0.4, 0.5) is 22.0 Å². The largest absolute Gasteiger partial charge is 0.463 e. The van der Waals surface area contributed by atoms with Crippen LogP contribution in [-0.4, -0.2) is 46.6 Å². The van der Waals surface area contributed by atoms with E-state index in [0.29, 0.717) is 17.7 Å². The fourth-order valence-corrected chi connectivity index (χ4v) is 3.64. The molecule has 0 bridgehead atoms. The summed E-state index contributed by atoms with van der Waals surface area (Å²) in [6.07, 6.45) is -3.96. The number of rotatable bonds is 3. The Kier molecular flexibility index (Phi) is 4.34. The van der Waals surface area contributed by atoms with Crippen molar-refractivity contribution in [1.82, 2.24) is 4.90 Å². The second-order valence-corrected chi connectivity index (χ2v) is 5.99. The predicted octanol–water partition coefficient (Wildman–Crippen LogP) is 2.78. The van der Waals surface area contributed by atoms with E-state index in [9.17, 15) is 31.5 Å². The maximum Gasteiger partial charge on any atom is 0.463 e. The summed E-state index contributed by atoms with van der Waals surface area (Å²) < 4.78 is 63.5. The van der Waals surface area contributed by atoms with Gasteiger partial charge in [0.15, 0.2) is 5.78 Å². The number of fused-ring (bicyclic) bond motifs is 1. The van der Waals surface area contributed by atoms with Gasteiger partial charge < -0.3 is 4.90 Å². The van der Waals surface area contributed by atoms with Gasteiger partial charge in [-0.3, -0.25) is 9.59 Å². The Morgan fingerprint density at radius 3 is 2.29 bits per heavy atom. The van der Waals surface area contributed by atoms with Crippen molar-refractivity contribution in [2.24, 2.45) is 11.8 Å². The van der Waals surface area contributed by atoms with E-state index in [4.69, 9.17) is 0 Å². The van der Waals surface area contributed by atoms with Crippen LogP contribution in [0.2, 0.25) is 0 Å². The molecule has 3 atom stereocenters. The molecule has 1 aliphatic carbocycles. The van der Waals surface area contributed by atoms with E-state index in [0.717, 1.165) is 6.42 Å². The molecule has 21 heavy (non-hydrogen) atoms. The molecule has 2 aliphatic rings. The van der Waals surface area contributed by atoms with E-state index in [1.54, 1.807) is 0 Å². The number of likely N-dealkylation sites (tertiary alicyclic amines) is 1. The van der Waals surface area contributed by atoms with Gasteiger partial charge in [0.05, 0.1) is 11.4 Å². The number of hydrogen-bond acceptors (Lipinski definition) is 2. The second-order valence-electron chi connectivity index (χ2n) is 5.43. The van der Waals surface area contributed by atoms with Crippen LogP contribution in [0.25, 0.3) is 0 Å². The van der Waals surface area contributed by atoms with E-state index >= 15 is 0 Å². The molecule has 1 saturated heterocycles. The molecule has 3 unspecified atom stereocenters. The number of alkyl halides is 6. The van der Waals surface area contributed by atoms with Gasteiger partial charge in [-0.2, -0.15) is 22.0 Å². The molecule has 2 rings (SSSR count). The molecule has 1 amide bonds. The van der Waals surface area contributed by atoms with Crippen LogP contribution in [0.1, 0.15) is 19.3 Å². The zero-order valence-electron chi connectivity index (χ0n) is 10.8. The fourth-order valence-electron chi connectivity index (χ4n) is 3.31. The molecule has 120 valence electrons. The van der Waals surface area contributed by atoms with Gasteiger partial charge in [0.25, 0.3) is 0 Å². The van der Waals surface area contributed by atoms with E-state index in [1.165, 1.54) is 0 Å². The first-order chi connectivity index (χ1) is 9.61. The molecule has 0 N–H and O–H groups in total. The third-order valence-corrected chi connectivity index (χ3v) is 4.79. The van der Waals surface area contributed by atoms with Crippen molar-refractivity contribution >= 4 is 27.6 Å². The predicted molar refractivity (Wildman–Crippen MR) is 66.1 cm³/mol. The minimum absolute atomic E-state index is 0.175. The van der Waals surface area contributed by atoms with E-state index in [1.807, 2.05) is 0 Å². The Morgan fingerprint density at radius 2 is 1.76 bits per heavy atom. The van der Waals surface area contributed by atoms with Gasteiger partial charge in [-0.05, 0) is 24.7 Å². The molecule has 0 radical (unpaired) electrons. The summed E-state index contributed by atoms with van der Waals surface area (Å²) in [5, 5.41) is -0.178. The van der Waals surface area contributed by atoms with E-state index < -0.39 is 29.8 Å². The van der Waals surface area contributed by atoms with Crippen LogP contribution in [0.15, 0.2) is 0 Å². The molecule has 9 heteroatoms. The number of amides is 1. The van der Waals surface area contributed by atoms with Crippen LogP contribution in [0.3, 0.4) is 0 Å². The van der Waals surface area contributed by atoms with Crippen molar-refractivity contribution in [3.63, 3.8) is 0 Å². The lowest BCUT2D eigenvalue weighted by atomic mass is 9.92. The number of carbonyl (C=O) groups is 2. The first kappa shape index (κ1) is 16.6. The van der Waals surface area contributed by atoms with Gasteiger partial charge in [-0.25, -0.2) is 0 Å². The zero-order chi connectivity index (χ0) is 16.0. The highest BCUT2D eigenvalue weighted by molar-refractivity contribution is 9.09. The topological polar surface area (TPSA) is 37.4 Å². The maximum absolute atomic E-state index is 13.3. The summed E-state index contributed by atoms with van der Waals surface area (Å²) in [6, 6.07) is -1.18. The Labute approximate surface area is 126 Å². The van der Waals surface area contributed by atoms with Gasteiger partial charge in [-0.1, -0.05) is 22.4 Å². The molecule has 0 aromatic rings. The molecular weight excluding hydrogens is 365 g/mol. The highest BCUT2D eigenvalue weighted by atomic mass is 79.9. The highest BCUT2D eigenvalue weighted by Crippen LogP contribution is 2.45. The Morgan fingerprint density at radius 1 is 1.14 bits per heavy atom. The van der Waals surface area contributed by atoms with Gasteiger partial charge >= 0.3 is 18.0 Å². The van der Waals surface area contributed by atoms with Crippen molar-refractivity contribution in [2.45, 2.75) is 37.4 Å². The summed E-state index contributed by atoms with van der Waals surface area (Å²) >= 11 is 2.89. The molecule has 1 heterocycles. The SMILES string of the molecule is O=C(CBr)C1C2CCCC2CN1C(=O)C(F)(F)C(F)(F)F. The zero-order valence-corrected chi connectivity index (χ0v) is 12.4. The summed E-state index contributed by atoms with van der Waals surface area (Å²) in [5.41, 5.74) is 0. The van der Waals surface area contributed by atoms with E-state index in [-0.39, 0.29) is 23.7 Å². The number of carbonyl (C=O) groups excluding carboxylic acids is 2. The molecule has 2 fully saturated rings. The van der Waals surface area contributed by atoms with Crippen LogP contribution < -0.4 is 0 Å². The lowest BCUT2D eigenvalue weighted by Crippen LogP contribution is -2.55. The van der Waals surface area contributed by atoms with Crippen molar-refractivity contribution in [1.29, 1.82) is 0 Å². The summed E-state index contributed by atoms with van der Waals surface area (Å²) in [7, 11) is 0. The van der Waals surface area contributed by atoms with Crippen LogP contribution in [0, 0.1) is 11.8 Å². The number of Topliss-reactive ketones (excluding diaryl/α,β-unsaturated/α-hetero) is 1. The molecular formula is C12H13BrF5NO2. The highest BCUT2D eigenvalue weighted by Gasteiger charge is 2.66. The van der Waals surface area contributed by atoms with Gasteiger partial charge in [0, 0.05) is 6.54 Å². The van der Waals surface area contributed by atoms with Crippen molar-refractivity contribution in [3.8, 4) is 0 Å². The quantitative estimate of drug-likeness (QED) is 0.560. The third-order valence-electron chi connectivity index (χ3n) is 4.24. The third kappa shape index (κ3) is 2.68. The monoisotopic (exact) mass is 377 g/mol. The Bertz CT molecular complexity index is 453.